The molecular formula is C18H23N3O3. The zero-order valence-corrected chi connectivity index (χ0v) is 13.9. The highest BCUT2D eigenvalue weighted by Gasteiger charge is 2.20. The largest absolute Gasteiger partial charge is 0.481 e. The van der Waals surface area contributed by atoms with E-state index in [0.717, 1.165) is 18.4 Å². The molecule has 128 valence electrons. The quantitative estimate of drug-likeness (QED) is 0.851. The summed E-state index contributed by atoms with van der Waals surface area (Å²) in [6.07, 6.45) is 7.82. The minimum atomic E-state index is -0.525. The van der Waals surface area contributed by atoms with E-state index in [-0.39, 0.29) is 11.9 Å². The first-order valence-electron chi connectivity index (χ1n) is 8.56. The van der Waals surface area contributed by atoms with Gasteiger partial charge in [0.15, 0.2) is 6.10 Å². The Morgan fingerprint density at radius 2 is 1.92 bits per heavy atom. The summed E-state index contributed by atoms with van der Waals surface area (Å²) in [6.45, 7) is 1.78. The summed E-state index contributed by atoms with van der Waals surface area (Å²) < 4.78 is 10.9. The van der Waals surface area contributed by atoms with E-state index in [4.69, 9.17) is 9.15 Å². The van der Waals surface area contributed by atoms with Gasteiger partial charge in [0.25, 0.3) is 5.91 Å². The van der Waals surface area contributed by atoms with Crippen LogP contribution in [0.4, 0.5) is 0 Å². The number of hydrogen-bond acceptors (Lipinski definition) is 5. The standard InChI is InChI=1S/C18H23N3O3/c1-13(17(22)20-15-6-4-2-3-5-7-15)24-16-10-8-14(9-11-16)18-21-19-12-23-18/h8-13,15H,2-7H2,1H3,(H,20,22)/t13-/m0/s1. The van der Waals surface area contributed by atoms with E-state index in [0.29, 0.717) is 11.6 Å². The summed E-state index contributed by atoms with van der Waals surface area (Å²) in [5, 5.41) is 10.6. The molecule has 3 rings (SSSR count). The molecule has 1 aromatic heterocycles. The van der Waals surface area contributed by atoms with Gasteiger partial charge in [-0.25, -0.2) is 0 Å². The molecule has 1 N–H and O–H groups in total. The second-order valence-corrected chi connectivity index (χ2v) is 6.23. The number of amides is 1. The van der Waals surface area contributed by atoms with Crippen LogP contribution in [0, 0.1) is 0 Å². The SMILES string of the molecule is C[C@H](Oc1ccc(-c2nnco2)cc1)C(=O)NC1CCCCCC1. The molecule has 0 radical (unpaired) electrons. The fourth-order valence-corrected chi connectivity index (χ4v) is 2.97. The van der Waals surface area contributed by atoms with Crippen LogP contribution in [0.5, 0.6) is 5.75 Å². The smallest absolute Gasteiger partial charge is 0.260 e. The average Bonchev–Trinajstić information content (AvgIpc) is 3.01. The third-order valence-electron chi connectivity index (χ3n) is 4.34. The fourth-order valence-electron chi connectivity index (χ4n) is 2.97. The van der Waals surface area contributed by atoms with Gasteiger partial charge in [0.1, 0.15) is 5.75 Å². The highest BCUT2D eigenvalue weighted by Crippen LogP contribution is 2.21. The highest BCUT2D eigenvalue weighted by atomic mass is 16.5. The van der Waals surface area contributed by atoms with Crippen LogP contribution in [-0.2, 0) is 4.79 Å². The first kappa shape index (κ1) is 16.5. The van der Waals surface area contributed by atoms with Gasteiger partial charge in [-0.05, 0) is 44.0 Å². The van der Waals surface area contributed by atoms with E-state index >= 15 is 0 Å². The van der Waals surface area contributed by atoms with Gasteiger partial charge in [0, 0.05) is 11.6 Å². The number of nitrogens with zero attached hydrogens (tertiary/aromatic N) is 2. The van der Waals surface area contributed by atoms with Gasteiger partial charge in [0.2, 0.25) is 12.3 Å². The maximum absolute atomic E-state index is 12.3. The van der Waals surface area contributed by atoms with Crippen LogP contribution in [0.2, 0.25) is 0 Å². The molecule has 1 aliphatic rings. The lowest BCUT2D eigenvalue weighted by atomic mass is 10.1. The first-order valence-corrected chi connectivity index (χ1v) is 8.56. The van der Waals surface area contributed by atoms with E-state index in [1.165, 1.54) is 32.1 Å². The van der Waals surface area contributed by atoms with Crippen LogP contribution in [0.25, 0.3) is 11.5 Å². The van der Waals surface area contributed by atoms with Gasteiger partial charge in [-0.15, -0.1) is 10.2 Å². The van der Waals surface area contributed by atoms with Crippen molar-refractivity contribution in [2.75, 3.05) is 0 Å². The molecule has 1 atom stereocenters. The zero-order chi connectivity index (χ0) is 16.8. The van der Waals surface area contributed by atoms with Crippen LogP contribution in [0.1, 0.15) is 45.4 Å². The summed E-state index contributed by atoms with van der Waals surface area (Å²) in [5.41, 5.74) is 0.815. The first-order chi connectivity index (χ1) is 11.7. The van der Waals surface area contributed by atoms with Crippen LogP contribution >= 0.6 is 0 Å². The van der Waals surface area contributed by atoms with Gasteiger partial charge in [-0.3, -0.25) is 4.79 Å². The molecule has 1 amide bonds. The van der Waals surface area contributed by atoms with E-state index in [2.05, 4.69) is 15.5 Å². The Labute approximate surface area is 141 Å². The summed E-state index contributed by atoms with van der Waals surface area (Å²) in [4.78, 5) is 12.3. The van der Waals surface area contributed by atoms with Crippen molar-refractivity contribution >= 4 is 5.91 Å². The lowest BCUT2D eigenvalue weighted by Gasteiger charge is -2.20. The molecule has 1 aromatic carbocycles. The van der Waals surface area contributed by atoms with Crippen LogP contribution in [0.3, 0.4) is 0 Å². The van der Waals surface area contributed by atoms with Gasteiger partial charge in [0.05, 0.1) is 0 Å². The molecule has 6 heteroatoms. The fraction of sp³-hybridized carbons (Fsp3) is 0.500. The molecule has 2 aromatic rings. The normalized spacial score (nSPS) is 17.0. The van der Waals surface area contributed by atoms with Crippen molar-refractivity contribution in [2.45, 2.75) is 57.6 Å². The van der Waals surface area contributed by atoms with Gasteiger partial charge in [-0.2, -0.15) is 0 Å². The number of benzene rings is 1. The van der Waals surface area contributed by atoms with Gasteiger partial charge < -0.3 is 14.5 Å². The lowest BCUT2D eigenvalue weighted by molar-refractivity contribution is -0.128. The van der Waals surface area contributed by atoms with Crippen molar-refractivity contribution in [3.05, 3.63) is 30.7 Å². The van der Waals surface area contributed by atoms with E-state index in [9.17, 15) is 4.79 Å². The number of carbonyl (C=O) groups excluding carboxylic acids is 1. The number of nitrogens with one attached hydrogen (secondary N) is 1. The Balaban J connectivity index is 1.53. The number of rotatable bonds is 5. The molecule has 0 saturated heterocycles. The molecular weight excluding hydrogens is 306 g/mol. The summed E-state index contributed by atoms with van der Waals surface area (Å²) in [5.74, 6) is 1.05. The number of ether oxygens (including phenoxy) is 1. The lowest BCUT2D eigenvalue weighted by Crippen LogP contribution is -2.42. The number of aromatic nitrogens is 2. The Morgan fingerprint density at radius 1 is 1.21 bits per heavy atom. The minimum absolute atomic E-state index is 0.0529. The molecule has 0 unspecified atom stereocenters. The summed E-state index contributed by atoms with van der Waals surface area (Å²) >= 11 is 0. The molecule has 1 saturated carbocycles. The molecule has 1 fully saturated rings. The van der Waals surface area contributed by atoms with Crippen molar-refractivity contribution in [3.8, 4) is 17.2 Å². The van der Waals surface area contributed by atoms with E-state index < -0.39 is 6.10 Å². The maximum Gasteiger partial charge on any atom is 0.260 e. The predicted octanol–water partition coefficient (Wildman–Crippen LogP) is 3.34. The van der Waals surface area contributed by atoms with E-state index in [1.54, 1.807) is 19.1 Å². The van der Waals surface area contributed by atoms with Crippen LogP contribution in [0.15, 0.2) is 35.1 Å². The average molecular weight is 329 g/mol. The van der Waals surface area contributed by atoms with E-state index in [1.807, 2.05) is 12.1 Å². The number of carbonyl (C=O) groups is 1. The zero-order valence-electron chi connectivity index (χ0n) is 13.9. The monoisotopic (exact) mass is 329 g/mol. The Morgan fingerprint density at radius 3 is 2.54 bits per heavy atom. The van der Waals surface area contributed by atoms with Crippen LogP contribution in [-0.4, -0.2) is 28.3 Å². The molecule has 6 nitrogen and oxygen atoms in total. The van der Waals surface area contributed by atoms with Gasteiger partial charge >= 0.3 is 0 Å². The highest BCUT2D eigenvalue weighted by molar-refractivity contribution is 5.81. The molecule has 0 spiro atoms. The maximum atomic E-state index is 12.3. The second-order valence-electron chi connectivity index (χ2n) is 6.23. The Kier molecular flexibility index (Phi) is 5.46. The van der Waals surface area contributed by atoms with Crippen molar-refractivity contribution < 1.29 is 13.9 Å². The Hall–Kier alpha value is -2.37. The Bertz CT molecular complexity index is 632. The van der Waals surface area contributed by atoms with Crippen molar-refractivity contribution in [1.82, 2.24) is 15.5 Å². The van der Waals surface area contributed by atoms with Crippen molar-refractivity contribution in [2.24, 2.45) is 0 Å². The molecule has 1 aliphatic carbocycles. The number of hydrogen-bond donors (Lipinski definition) is 1. The van der Waals surface area contributed by atoms with Crippen molar-refractivity contribution in [3.63, 3.8) is 0 Å². The third kappa shape index (κ3) is 4.34. The molecule has 0 aliphatic heterocycles. The minimum Gasteiger partial charge on any atom is -0.481 e. The molecule has 0 bridgehead atoms. The van der Waals surface area contributed by atoms with Crippen molar-refractivity contribution in [1.29, 1.82) is 0 Å². The second kappa shape index (κ2) is 7.95. The summed E-state index contributed by atoms with van der Waals surface area (Å²) in [6, 6.07) is 7.55. The summed E-state index contributed by atoms with van der Waals surface area (Å²) in [7, 11) is 0. The molecule has 24 heavy (non-hydrogen) atoms. The topological polar surface area (TPSA) is 77.2 Å². The van der Waals surface area contributed by atoms with Crippen LogP contribution < -0.4 is 10.1 Å². The molecule has 1 heterocycles. The van der Waals surface area contributed by atoms with Gasteiger partial charge in [-0.1, -0.05) is 25.7 Å². The third-order valence-corrected chi connectivity index (χ3v) is 4.34. The predicted molar refractivity (Wildman–Crippen MR) is 89.5 cm³/mol.